The molecule has 3 aromatic rings. The number of alkyl halides is 3. The summed E-state index contributed by atoms with van der Waals surface area (Å²) < 4.78 is 42.6. The minimum Gasteiger partial charge on any atom is -0.363 e. The number of hydrogen-bond donors (Lipinski definition) is 1. The monoisotopic (exact) mass is 309 g/mol. The van der Waals surface area contributed by atoms with Crippen LogP contribution in [0.3, 0.4) is 0 Å². The van der Waals surface area contributed by atoms with E-state index in [0.717, 1.165) is 27.9 Å². The summed E-state index contributed by atoms with van der Waals surface area (Å²) in [6.45, 7) is 0.396. The molecule has 1 N–H and O–H groups in total. The first-order chi connectivity index (χ1) is 10.0. The van der Waals surface area contributed by atoms with Gasteiger partial charge >= 0.3 is 6.18 Å². The van der Waals surface area contributed by atoms with Crippen LogP contribution < -0.4 is 5.32 Å². The van der Waals surface area contributed by atoms with Gasteiger partial charge in [-0.2, -0.15) is 17.5 Å². The summed E-state index contributed by atoms with van der Waals surface area (Å²) in [5.41, 5.74) is 0.876. The lowest BCUT2D eigenvalue weighted by Crippen LogP contribution is -2.05. The molecule has 0 amide bonds. The fourth-order valence-electron chi connectivity index (χ4n) is 1.89. The second kappa shape index (κ2) is 5.33. The zero-order valence-corrected chi connectivity index (χ0v) is 11.5. The molecule has 7 heteroatoms. The van der Waals surface area contributed by atoms with Gasteiger partial charge in [-0.1, -0.05) is 12.1 Å². The van der Waals surface area contributed by atoms with Crippen LogP contribution in [0, 0.1) is 0 Å². The molecule has 0 aliphatic heterocycles. The highest BCUT2D eigenvalue weighted by atomic mass is 32.1. The molecule has 0 radical (unpaired) electrons. The lowest BCUT2D eigenvalue weighted by molar-refractivity contribution is -0.137. The summed E-state index contributed by atoms with van der Waals surface area (Å²) in [4.78, 5) is 4.24. The third kappa shape index (κ3) is 2.97. The lowest BCUT2D eigenvalue weighted by atomic mass is 10.1. The molecule has 0 saturated carbocycles. The molecule has 2 aromatic heterocycles. The molecule has 108 valence electrons. The Hall–Kier alpha value is -2.15. The number of nitrogens with zero attached hydrogens (tertiary/aromatic N) is 2. The third-order valence-electron chi connectivity index (χ3n) is 2.97. The van der Waals surface area contributed by atoms with Gasteiger partial charge in [0.1, 0.15) is 5.52 Å². The number of anilines is 1. The second-order valence-corrected chi connectivity index (χ2v) is 5.23. The normalized spacial score (nSPS) is 11.8. The Balaban J connectivity index is 1.73. The number of benzene rings is 1. The van der Waals surface area contributed by atoms with Gasteiger partial charge in [-0.3, -0.25) is 4.98 Å². The molecule has 3 nitrogen and oxygen atoms in total. The van der Waals surface area contributed by atoms with Gasteiger partial charge in [-0.25, -0.2) is 0 Å². The quantitative estimate of drug-likeness (QED) is 0.783. The highest BCUT2D eigenvalue weighted by molar-refractivity contribution is 7.13. The summed E-state index contributed by atoms with van der Waals surface area (Å²) in [7, 11) is 0. The number of hydrogen-bond acceptors (Lipinski definition) is 4. The Morgan fingerprint density at radius 1 is 1.10 bits per heavy atom. The Labute approximate surface area is 122 Å². The average Bonchev–Trinajstić information content (AvgIpc) is 2.88. The zero-order valence-electron chi connectivity index (χ0n) is 10.7. The van der Waals surface area contributed by atoms with E-state index in [2.05, 4.69) is 14.7 Å². The van der Waals surface area contributed by atoms with Crippen molar-refractivity contribution in [3.8, 4) is 0 Å². The van der Waals surface area contributed by atoms with Gasteiger partial charge in [-0.05, 0) is 41.4 Å². The van der Waals surface area contributed by atoms with E-state index in [9.17, 15) is 13.2 Å². The molecule has 0 spiro atoms. The molecule has 2 heterocycles. The maximum Gasteiger partial charge on any atom is 0.416 e. The van der Waals surface area contributed by atoms with E-state index in [-0.39, 0.29) is 0 Å². The predicted molar refractivity (Wildman–Crippen MR) is 76.2 cm³/mol. The Kier molecular flexibility index (Phi) is 3.50. The maximum absolute atomic E-state index is 12.5. The average molecular weight is 309 g/mol. The molecule has 1 aromatic carbocycles. The summed E-state index contributed by atoms with van der Waals surface area (Å²) >= 11 is 1.33. The first-order valence-electron chi connectivity index (χ1n) is 6.14. The van der Waals surface area contributed by atoms with Crippen LogP contribution in [-0.4, -0.2) is 9.36 Å². The van der Waals surface area contributed by atoms with Gasteiger partial charge < -0.3 is 5.32 Å². The maximum atomic E-state index is 12.5. The van der Waals surface area contributed by atoms with E-state index < -0.39 is 11.7 Å². The molecule has 3 rings (SSSR count). The van der Waals surface area contributed by atoms with Crippen molar-refractivity contribution >= 4 is 27.6 Å². The number of aromatic nitrogens is 2. The molecule has 0 atom stereocenters. The topological polar surface area (TPSA) is 37.8 Å². The SMILES string of the molecule is FC(F)(F)c1ccc(CNc2nsc3cccnc23)cc1. The van der Waals surface area contributed by atoms with E-state index in [4.69, 9.17) is 0 Å². The zero-order chi connectivity index (χ0) is 14.9. The van der Waals surface area contributed by atoms with Gasteiger partial charge in [0, 0.05) is 12.7 Å². The Morgan fingerprint density at radius 3 is 2.57 bits per heavy atom. The van der Waals surface area contributed by atoms with Gasteiger partial charge in [0.05, 0.1) is 10.3 Å². The van der Waals surface area contributed by atoms with Crippen LogP contribution in [0.25, 0.3) is 10.2 Å². The molecule has 0 aliphatic rings. The van der Waals surface area contributed by atoms with Crippen molar-refractivity contribution in [2.45, 2.75) is 12.7 Å². The van der Waals surface area contributed by atoms with Crippen LogP contribution in [-0.2, 0) is 12.7 Å². The molecular weight excluding hydrogens is 299 g/mol. The van der Waals surface area contributed by atoms with Crippen molar-refractivity contribution in [2.24, 2.45) is 0 Å². The van der Waals surface area contributed by atoms with Crippen molar-refractivity contribution in [1.82, 2.24) is 9.36 Å². The van der Waals surface area contributed by atoms with Gasteiger partial charge in [-0.15, -0.1) is 0 Å². The fourth-order valence-corrected chi connectivity index (χ4v) is 2.61. The molecule has 0 saturated heterocycles. The number of pyridine rings is 1. The van der Waals surface area contributed by atoms with Crippen LogP contribution in [0.5, 0.6) is 0 Å². The van der Waals surface area contributed by atoms with Crippen LogP contribution in [0.1, 0.15) is 11.1 Å². The molecule has 0 unspecified atom stereocenters. The van der Waals surface area contributed by atoms with Crippen LogP contribution in [0.2, 0.25) is 0 Å². The highest BCUT2D eigenvalue weighted by Gasteiger charge is 2.29. The Bertz CT molecular complexity index is 750. The van der Waals surface area contributed by atoms with Crippen LogP contribution in [0.15, 0.2) is 42.6 Å². The van der Waals surface area contributed by atoms with Crippen molar-refractivity contribution in [3.63, 3.8) is 0 Å². The van der Waals surface area contributed by atoms with Crippen molar-refractivity contribution in [2.75, 3.05) is 5.32 Å². The largest absolute Gasteiger partial charge is 0.416 e. The molecule has 21 heavy (non-hydrogen) atoms. The summed E-state index contributed by atoms with van der Waals surface area (Å²) in [5.74, 6) is 0.649. The summed E-state index contributed by atoms with van der Waals surface area (Å²) in [6, 6.07) is 8.82. The number of halogens is 3. The van der Waals surface area contributed by atoms with Crippen molar-refractivity contribution < 1.29 is 13.2 Å². The summed E-state index contributed by atoms with van der Waals surface area (Å²) in [5, 5.41) is 3.10. The van der Waals surface area contributed by atoms with Crippen molar-refractivity contribution in [1.29, 1.82) is 0 Å². The number of rotatable bonds is 3. The first-order valence-corrected chi connectivity index (χ1v) is 6.92. The third-order valence-corrected chi connectivity index (χ3v) is 3.77. The van der Waals surface area contributed by atoms with Crippen LogP contribution >= 0.6 is 11.5 Å². The smallest absolute Gasteiger partial charge is 0.363 e. The second-order valence-electron chi connectivity index (χ2n) is 4.43. The minimum atomic E-state index is -4.30. The number of fused-ring (bicyclic) bond motifs is 1. The van der Waals surface area contributed by atoms with Crippen molar-refractivity contribution in [3.05, 3.63) is 53.7 Å². The number of nitrogens with one attached hydrogen (secondary N) is 1. The predicted octanol–water partition coefficient (Wildman–Crippen LogP) is 4.32. The van der Waals surface area contributed by atoms with E-state index >= 15 is 0 Å². The van der Waals surface area contributed by atoms with E-state index in [1.165, 1.54) is 23.7 Å². The van der Waals surface area contributed by atoms with Gasteiger partial charge in [0.15, 0.2) is 5.82 Å². The lowest BCUT2D eigenvalue weighted by Gasteiger charge is -2.08. The molecule has 0 aliphatic carbocycles. The van der Waals surface area contributed by atoms with E-state index in [1.807, 2.05) is 12.1 Å². The highest BCUT2D eigenvalue weighted by Crippen LogP contribution is 2.29. The van der Waals surface area contributed by atoms with Gasteiger partial charge in [0.2, 0.25) is 0 Å². The van der Waals surface area contributed by atoms with Gasteiger partial charge in [0.25, 0.3) is 0 Å². The minimum absolute atomic E-state index is 0.396. The Morgan fingerprint density at radius 2 is 1.86 bits per heavy atom. The molecule has 0 fully saturated rings. The van der Waals surface area contributed by atoms with E-state index in [0.29, 0.717) is 12.4 Å². The summed E-state index contributed by atoms with van der Waals surface area (Å²) in [6.07, 6.45) is -2.62. The van der Waals surface area contributed by atoms with E-state index in [1.54, 1.807) is 6.20 Å². The first kappa shape index (κ1) is 13.8. The molecule has 0 bridgehead atoms. The molecular formula is C14H10F3N3S. The standard InChI is InChI=1S/C14H10F3N3S/c15-14(16,17)10-5-3-9(4-6-10)8-19-13-12-11(21-20-13)2-1-7-18-12/h1-7H,8H2,(H,19,20). The fraction of sp³-hybridized carbons (Fsp3) is 0.143. The van der Waals surface area contributed by atoms with Crippen LogP contribution in [0.4, 0.5) is 19.0 Å².